The summed E-state index contributed by atoms with van der Waals surface area (Å²) in [7, 11) is 0. The SMILES string of the molecule is CC1=C(C#N)C(c2cccc(Cl)c2)N(C(=O)O)C(=O)N1. The Morgan fingerprint density at radius 1 is 1.55 bits per heavy atom. The summed E-state index contributed by atoms with van der Waals surface area (Å²) < 4.78 is 0. The number of allylic oxidation sites excluding steroid dienone is 1. The summed E-state index contributed by atoms with van der Waals surface area (Å²) in [4.78, 5) is 23.7. The van der Waals surface area contributed by atoms with E-state index >= 15 is 0 Å². The molecule has 0 spiro atoms. The fraction of sp³-hybridized carbons (Fsp3) is 0.154. The van der Waals surface area contributed by atoms with Crippen molar-refractivity contribution in [1.82, 2.24) is 10.2 Å². The van der Waals surface area contributed by atoms with Gasteiger partial charge in [-0.15, -0.1) is 0 Å². The molecule has 0 saturated carbocycles. The van der Waals surface area contributed by atoms with Gasteiger partial charge < -0.3 is 10.4 Å². The van der Waals surface area contributed by atoms with Crippen LogP contribution in [0.25, 0.3) is 0 Å². The lowest BCUT2D eigenvalue weighted by Crippen LogP contribution is -2.49. The summed E-state index contributed by atoms with van der Waals surface area (Å²) in [5.74, 6) is 0. The fourth-order valence-corrected chi connectivity index (χ4v) is 2.27. The van der Waals surface area contributed by atoms with Crippen molar-refractivity contribution < 1.29 is 14.7 Å². The third-order valence-corrected chi connectivity index (χ3v) is 3.17. The number of urea groups is 1. The van der Waals surface area contributed by atoms with E-state index in [2.05, 4.69) is 5.32 Å². The molecule has 1 heterocycles. The van der Waals surface area contributed by atoms with Crippen molar-refractivity contribution in [3.8, 4) is 6.07 Å². The number of carbonyl (C=O) groups is 2. The second-order valence-electron chi connectivity index (χ2n) is 4.19. The van der Waals surface area contributed by atoms with E-state index in [0.29, 0.717) is 21.2 Å². The van der Waals surface area contributed by atoms with E-state index in [1.807, 2.05) is 6.07 Å². The molecular weight excluding hydrogens is 282 g/mol. The number of imide groups is 1. The van der Waals surface area contributed by atoms with Gasteiger partial charge in [-0.05, 0) is 24.6 Å². The Kier molecular flexibility index (Phi) is 3.63. The summed E-state index contributed by atoms with van der Waals surface area (Å²) in [6, 6.07) is 6.57. The average Bonchev–Trinajstić information content (AvgIpc) is 2.37. The number of nitrogens with zero attached hydrogens (tertiary/aromatic N) is 2. The first-order valence-corrected chi connectivity index (χ1v) is 6.03. The van der Waals surface area contributed by atoms with E-state index in [4.69, 9.17) is 11.6 Å². The van der Waals surface area contributed by atoms with Crippen LogP contribution in [0.2, 0.25) is 5.02 Å². The Hall–Kier alpha value is -2.52. The first-order chi connectivity index (χ1) is 9.45. The van der Waals surface area contributed by atoms with Crippen LogP contribution in [0.3, 0.4) is 0 Å². The molecule has 1 atom stereocenters. The quantitative estimate of drug-likeness (QED) is 0.832. The standard InChI is InChI=1S/C13H10ClN3O3/c1-7-10(6-15)11(8-3-2-4-9(14)5-8)17(13(19)20)12(18)16-7/h2-5,11H,1H3,(H,16,18)(H,19,20). The van der Waals surface area contributed by atoms with Gasteiger partial charge in [0.25, 0.3) is 0 Å². The number of hydrogen-bond acceptors (Lipinski definition) is 3. The first kappa shape index (κ1) is 13.9. The largest absolute Gasteiger partial charge is 0.465 e. The molecule has 102 valence electrons. The number of hydrogen-bond donors (Lipinski definition) is 2. The number of benzene rings is 1. The molecule has 7 heteroatoms. The van der Waals surface area contributed by atoms with Crippen molar-refractivity contribution in [3.05, 3.63) is 46.1 Å². The van der Waals surface area contributed by atoms with Gasteiger partial charge in [0.05, 0.1) is 11.6 Å². The van der Waals surface area contributed by atoms with Crippen molar-refractivity contribution in [2.45, 2.75) is 13.0 Å². The number of carboxylic acid groups (broad SMARTS) is 1. The van der Waals surface area contributed by atoms with Crippen molar-refractivity contribution in [1.29, 1.82) is 5.26 Å². The molecule has 3 amide bonds. The van der Waals surface area contributed by atoms with Crippen LogP contribution >= 0.6 is 11.6 Å². The van der Waals surface area contributed by atoms with Gasteiger partial charge in [-0.2, -0.15) is 5.26 Å². The van der Waals surface area contributed by atoms with E-state index in [0.717, 1.165) is 0 Å². The predicted octanol–water partition coefficient (Wildman–Crippen LogP) is 2.88. The number of nitriles is 1. The van der Waals surface area contributed by atoms with E-state index in [1.165, 1.54) is 6.07 Å². The van der Waals surface area contributed by atoms with Gasteiger partial charge in [0.2, 0.25) is 0 Å². The van der Waals surface area contributed by atoms with E-state index in [-0.39, 0.29) is 5.57 Å². The van der Waals surface area contributed by atoms with Crippen LogP contribution in [0.5, 0.6) is 0 Å². The molecule has 0 aliphatic carbocycles. The number of carbonyl (C=O) groups excluding carboxylic acids is 1. The third kappa shape index (κ3) is 2.31. The predicted molar refractivity (Wildman–Crippen MR) is 70.9 cm³/mol. The average molecular weight is 292 g/mol. The Bertz CT molecular complexity index is 663. The minimum absolute atomic E-state index is 0.161. The summed E-state index contributed by atoms with van der Waals surface area (Å²) in [6.45, 7) is 1.55. The summed E-state index contributed by atoms with van der Waals surface area (Å²) >= 11 is 5.89. The third-order valence-electron chi connectivity index (χ3n) is 2.94. The highest BCUT2D eigenvalue weighted by Crippen LogP contribution is 2.34. The van der Waals surface area contributed by atoms with Gasteiger partial charge in [0.15, 0.2) is 0 Å². The summed E-state index contributed by atoms with van der Waals surface area (Å²) in [6.07, 6.45) is -1.44. The lowest BCUT2D eigenvalue weighted by molar-refractivity contribution is 0.136. The van der Waals surface area contributed by atoms with Crippen LogP contribution in [-0.2, 0) is 0 Å². The Labute approximate surface area is 119 Å². The summed E-state index contributed by atoms with van der Waals surface area (Å²) in [5, 5.41) is 21.2. The van der Waals surface area contributed by atoms with E-state index in [1.54, 1.807) is 25.1 Å². The minimum atomic E-state index is -1.44. The molecule has 0 radical (unpaired) electrons. The van der Waals surface area contributed by atoms with Crippen LogP contribution < -0.4 is 5.32 Å². The zero-order chi connectivity index (χ0) is 14.9. The molecule has 2 rings (SSSR count). The molecule has 6 nitrogen and oxygen atoms in total. The molecule has 1 aliphatic rings. The van der Waals surface area contributed by atoms with Gasteiger partial charge in [0, 0.05) is 10.7 Å². The van der Waals surface area contributed by atoms with Crippen molar-refractivity contribution in [3.63, 3.8) is 0 Å². The first-order valence-electron chi connectivity index (χ1n) is 5.65. The maximum atomic E-state index is 11.8. The van der Waals surface area contributed by atoms with E-state index < -0.39 is 18.2 Å². The second kappa shape index (κ2) is 5.23. The smallest absolute Gasteiger partial charge is 0.416 e. The molecule has 2 N–H and O–H groups in total. The van der Waals surface area contributed by atoms with Gasteiger partial charge in [-0.3, -0.25) is 0 Å². The summed E-state index contributed by atoms with van der Waals surface area (Å²) in [5.41, 5.74) is 0.958. The molecular formula is C13H10ClN3O3. The number of rotatable bonds is 1. The normalized spacial score (nSPS) is 18.6. The Morgan fingerprint density at radius 2 is 2.25 bits per heavy atom. The molecule has 0 aromatic heterocycles. The molecule has 1 unspecified atom stereocenters. The van der Waals surface area contributed by atoms with Gasteiger partial charge in [-0.1, -0.05) is 23.7 Å². The van der Waals surface area contributed by atoms with Crippen LogP contribution in [0.1, 0.15) is 18.5 Å². The lowest BCUT2D eigenvalue weighted by atomic mass is 9.95. The number of halogens is 1. The van der Waals surface area contributed by atoms with Crippen LogP contribution in [0.4, 0.5) is 9.59 Å². The van der Waals surface area contributed by atoms with Crippen LogP contribution in [0.15, 0.2) is 35.5 Å². The minimum Gasteiger partial charge on any atom is -0.465 e. The highest BCUT2D eigenvalue weighted by molar-refractivity contribution is 6.30. The van der Waals surface area contributed by atoms with Gasteiger partial charge >= 0.3 is 12.1 Å². The molecule has 0 saturated heterocycles. The molecule has 1 aromatic carbocycles. The lowest BCUT2D eigenvalue weighted by Gasteiger charge is -2.32. The van der Waals surface area contributed by atoms with Gasteiger partial charge in [-0.25, -0.2) is 14.5 Å². The number of amides is 3. The fourth-order valence-electron chi connectivity index (χ4n) is 2.07. The molecule has 1 aromatic rings. The molecule has 20 heavy (non-hydrogen) atoms. The second-order valence-corrected chi connectivity index (χ2v) is 4.63. The highest BCUT2D eigenvalue weighted by Gasteiger charge is 2.38. The van der Waals surface area contributed by atoms with Crippen molar-refractivity contribution in [2.75, 3.05) is 0 Å². The Balaban J connectivity index is 2.64. The maximum Gasteiger partial charge on any atom is 0.416 e. The molecule has 0 fully saturated rings. The Morgan fingerprint density at radius 3 is 2.80 bits per heavy atom. The molecule has 1 aliphatic heterocycles. The van der Waals surface area contributed by atoms with Crippen molar-refractivity contribution >= 4 is 23.7 Å². The highest BCUT2D eigenvalue weighted by atomic mass is 35.5. The molecule has 0 bridgehead atoms. The maximum absolute atomic E-state index is 11.8. The van der Waals surface area contributed by atoms with Crippen molar-refractivity contribution in [2.24, 2.45) is 0 Å². The van der Waals surface area contributed by atoms with E-state index in [9.17, 15) is 20.0 Å². The monoisotopic (exact) mass is 291 g/mol. The number of nitrogens with one attached hydrogen (secondary N) is 1. The zero-order valence-electron chi connectivity index (χ0n) is 10.4. The zero-order valence-corrected chi connectivity index (χ0v) is 11.2. The van der Waals surface area contributed by atoms with Gasteiger partial charge in [0.1, 0.15) is 6.04 Å². The van der Waals surface area contributed by atoms with Crippen LogP contribution in [-0.4, -0.2) is 22.1 Å². The topological polar surface area (TPSA) is 93.4 Å². The van der Waals surface area contributed by atoms with Crippen LogP contribution in [0, 0.1) is 11.3 Å².